The molecule has 0 aromatic carbocycles. The Morgan fingerprint density at radius 2 is 2.08 bits per heavy atom. The normalized spacial score (nSPS) is 11.2. The second kappa shape index (κ2) is 6.66. The van der Waals surface area contributed by atoms with Crippen LogP contribution < -0.4 is 5.56 Å². The average Bonchev–Trinajstić information content (AvgIpc) is 3.06. The number of amides is 1. The van der Waals surface area contributed by atoms with Gasteiger partial charge in [0, 0.05) is 16.8 Å². The summed E-state index contributed by atoms with van der Waals surface area (Å²) >= 11 is 8.85. The predicted molar refractivity (Wildman–Crippen MR) is 99.2 cm³/mol. The Labute approximate surface area is 152 Å². The van der Waals surface area contributed by atoms with E-state index in [0.29, 0.717) is 16.3 Å². The smallest absolute Gasteiger partial charge is 0.262 e. The van der Waals surface area contributed by atoms with Gasteiger partial charge in [0.1, 0.15) is 11.4 Å². The molecule has 3 aromatic heterocycles. The molecule has 0 saturated heterocycles. The van der Waals surface area contributed by atoms with E-state index >= 15 is 0 Å². The van der Waals surface area contributed by atoms with Crippen molar-refractivity contribution < 1.29 is 4.79 Å². The molecule has 0 radical (unpaired) electrons. The van der Waals surface area contributed by atoms with E-state index in [-0.39, 0.29) is 18.0 Å². The van der Waals surface area contributed by atoms with E-state index in [2.05, 4.69) is 4.98 Å². The van der Waals surface area contributed by atoms with Crippen molar-refractivity contribution in [1.82, 2.24) is 14.5 Å². The van der Waals surface area contributed by atoms with Crippen molar-refractivity contribution in [1.29, 1.82) is 0 Å². The third kappa shape index (κ3) is 3.24. The van der Waals surface area contributed by atoms with Crippen LogP contribution in [-0.2, 0) is 17.9 Å². The van der Waals surface area contributed by atoms with Gasteiger partial charge in [0.2, 0.25) is 5.91 Å². The van der Waals surface area contributed by atoms with Crippen LogP contribution in [0.15, 0.2) is 23.3 Å². The molecule has 0 spiro atoms. The SMILES string of the molecule is Cc1sc2ncn(CC(=O)N(C)Cc3ccc(Cl)s3)c(=O)c2c1C. The van der Waals surface area contributed by atoms with Crippen LogP contribution in [0.25, 0.3) is 10.2 Å². The number of carbonyl (C=O) groups excluding carboxylic acids is 1. The molecule has 126 valence electrons. The highest BCUT2D eigenvalue weighted by Gasteiger charge is 2.16. The number of carbonyl (C=O) groups is 1. The molecule has 0 N–H and O–H groups in total. The first-order valence-corrected chi connectivity index (χ1v) is 9.31. The second-order valence-corrected chi connectivity index (χ2v) is 8.60. The van der Waals surface area contributed by atoms with Crippen molar-refractivity contribution in [3.63, 3.8) is 0 Å². The Morgan fingerprint density at radius 1 is 1.33 bits per heavy atom. The molecule has 0 atom stereocenters. The van der Waals surface area contributed by atoms with Crippen molar-refractivity contribution in [2.75, 3.05) is 7.05 Å². The molecule has 3 heterocycles. The van der Waals surface area contributed by atoms with Crippen molar-refractivity contribution in [2.45, 2.75) is 26.9 Å². The van der Waals surface area contributed by atoms with Gasteiger partial charge in [-0.1, -0.05) is 11.6 Å². The largest absolute Gasteiger partial charge is 0.339 e. The summed E-state index contributed by atoms with van der Waals surface area (Å²) in [6, 6.07) is 3.71. The number of thiophene rings is 2. The number of aryl methyl sites for hydroxylation is 2. The Hall–Kier alpha value is -1.70. The number of halogens is 1. The third-order valence-electron chi connectivity index (χ3n) is 3.91. The van der Waals surface area contributed by atoms with Gasteiger partial charge in [-0.25, -0.2) is 4.98 Å². The zero-order valence-electron chi connectivity index (χ0n) is 13.5. The lowest BCUT2D eigenvalue weighted by Crippen LogP contribution is -2.33. The minimum Gasteiger partial charge on any atom is -0.339 e. The molecule has 24 heavy (non-hydrogen) atoms. The fraction of sp³-hybridized carbons (Fsp3) is 0.312. The number of likely N-dealkylation sites (N-methyl/N-ethyl adjacent to an activating group) is 1. The van der Waals surface area contributed by atoms with E-state index in [4.69, 9.17) is 11.6 Å². The lowest BCUT2D eigenvalue weighted by Gasteiger charge is -2.16. The van der Waals surface area contributed by atoms with Crippen molar-refractivity contribution in [3.05, 3.63) is 48.5 Å². The van der Waals surface area contributed by atoms with Crippen molar-refractivity contribution in [3.8, 4) is 0 Å². The maximum absolute atomic E-state index is 12.6. The standard InChI is InChI=1S/C16H16ClN3O2S2/c1-9-10(2)23-15-14(9)16(22)20(8-18-15)7-13(21)19(3)6-11-4-5-12(17)24-11/h4-5,8H,6-7H2,1-3H3. The van der Waals surface area contributed by atoms with E-state index in [0.717, 1.165) is 20.1 Å². The summed E-state index contributed by atoms with van der Waals surface area (Å²) in [5.41, 5.74) is 0.777. The summed E-state index contributed by atoms with van der Waals surface area (Å²) in [5.74, 6) is -0.146. The third-order valence-corrected chi connectivity index (χ3v) is 6.24. The number of rotatable bonds is 4. The molecule has 0 fully saturated rings. The Morgan fingerprint density at radius 3 is 2.75 bits per heavy atom. The molecule has 3 aromatic rings. The van der Waals surface area contributed by atoms with Gasteiger partial charge < -0.3 is 4.90 Å². The number of hydrogen-bond acceptors (Lipinski definition) is 5. The number of hydrogen-bond donors (Lipinski definition) is 0. The first kappa shape index (κ1) is 17.1. The monoisotopic (exact) mass is 381 g/mol. The summed E-state index contributed by atoms with van der Waals surface area (Å²) in [6.07, 6.45) is 1.45. The molecule has 0 aliphatic heterocycles. The number of aromatic nitrogens is 2. The minimum atomic E-state index is -0.164. The van der Waals surface area contributed by atoms with Gasteiger partial charge in [-0.2, -0.15) is 0 Å². The maximum atomic E-state index is 12.6. The minimum absolute atomic E-state index is 0.0221. The van der Waals surface area contributed by atoms with Crippen LogP contribution in [0.4, 0.5) is 0 Å². The average molecular weight is 382 g/mol. The molecular formula is C16H16ClN3O2S2. The van der Waals surface area contributed by atoms with E-state index < -0.39 is 0 Å². The molecule has 0 unspecified atom stereocenters. The molecule has 0 saturated carbocycles. The summed E-state index contributed by atoms with van der Waals surface area (Å²) in [5, 5.41) is 0.612. The highest BCUT2D eigenvalue weighted by Crippen LogP contribution is 2.25. The van der Waals surface area contributed by atoms with Crippen LogP contribution in [0.1, 0.15) is 15.3 Å². The molecule has 0 aliphatic rings. The van der Waals surface area contributed by atoms with Crippen molar-refractivity contribution >= 4 is 50.4 Å². The lowest BCUT2D eigenvalue weighted by atomic mass is 10.2. The summed E-state index contributed by atoms with van der Waals surface area (Å²) in [7, 11) is 1.72. The molecule has 8 heteroatoms. The zero-order chi connectivity index (χ0) is 17.4. The molecule has 1 amide bonds. The first-order valence-electron chi connectivity index (χ1n) is 7.30. The Bertz CT molecular complexity index is 974. The van der Waals surface area contributed by atoms with E-state index in [9.17, 15) is 9.59 Å². The maximum Gasteiger partial charge on any atom is 0.262 e. The topological polar surface area (TPSA) is 55.2 Å². The molecule has 0 aliphatic carbocycles. The molecule has 3 rings (SSSR count). The van der Waals surface area contributed by atoms with E-state index in [1.165, 1.54) is 33.6 Å². The fourth-order valence-electron chi connectivity index (χ4n) is 2.41. The van der Waals surface area contributed by atoms with Gasteiger partial charge >= 0.3 is 0 Å². The van der Waals surface area contributed by atoms with Crippen LogP contribution >= 0.6 is 34.3 Å². The number of fused-ring (bicyclic) bond motifs is 1. The summed E-state index contributed by atoms with van der Waals surface area (Å²) in [6.45, 7) is 4.33. The summed E-state index contributed by atoms with van der Waals surface area (Å²) < 4.78 is 2.07. The van der Waals surface area contributed by atoms with Crippen LogP contribution in [0.5, 0.6) is 0 Å². The molecule has 5 nitrogen and oxygen atoms in total. The van der Waals surface area contributed by atoms with Crippen molar-refractivity contribution in [2.24, 2.45) is 0 Å². The van der Waals surface area contributed by atoms with Gasteiger partial charge in [0.15, 0.2) is 0 Å². The predicted octanol–water partition coefficient (Wildman–Crippen LogP) is 3.45. The van der Waals surface area contributed by atoms with E-state index in [1.807, 2.05) is 26.0 Å². The highest BCUT2D eigenvalue weighted by atomic mass is 35.5. The van der Waals surface area contributed by atoms with Crippen LogP contribution in [0, 0.1) is 13.8 Å². The Kier molecular flexibility index (Phi) is 4.76. The first-order chi connectivity index (χ1) is 11.4. The molecular weight excluding hydrogens is 366 g/mol. The van der Waals surface area contributed by atoms with Gasteiger partial charge in [-0.3, -0.25) is 14.2 Å². The highest BCUT2D eigenvalue weighted by molar-refractivity contribution is 7.18. The fourth-order valence-corrected chi connectivity index (χ4v) is 4.54. The number of nitrogens with zero attached hydrogens (tertiary/aromatic N) is 3. The van der Waals surface area contributed by atoms with Gasteiger partial charge in [0.05, 0.1) is 22.6 Å². The van der Waals surface area contributed by atoms with Crippen LogP contribution in [0.3, 0.4) is 0 Å². The van der Waals surface area contributed by atoms with Gasteiger partial charge in [-0.05, 0) is 31.5 Å². The second-order valence-electron chi connectivity index (χ2n) is 5.60. The van der Waals surface area contributed by atoms with Gasteiger partial charge in [-0.15, -0.1) is 22.7 Å². The molecule has 0 bridgehead atoms. The Balaban J connectivity index is 1.81. The van der Waals surface area contributed by atoms with Crippen LogP contribution in [-0.4, -0.2) is 27.4 Å². The quantitative estimate of drug-likeness (QED) is 0.695. The van der Waals surface area contributed by atoms with Gasteiger partial charge in [0.25, 0.3) is 5.56 Å². The summed E-state index contributed by atoms with van der Waals surface area (Å²) in [4.78, 5) is 33.7. The lowest BCUT2D eigenvalue weighted by molar-refractivity contribution is -0.131. The van der Waals surface area contributed by atoms with E-state index in [1.54, 1.807) is 11.9 Å². The van der Waals surface area contributed by atoms with Crippen LogP contribution in [0.2, 0.25) is 4.34 Å². The zero-order valence-corrected chi connectivity index (χ0v) is 15.9.